The molecule has 1 aromatic carbocycles. The van der Waals surface area contributed by atoms with Gasteiger partial charge < -0.3 is 10.6 Å². The fourth-order valence-electron chi connectivity index (χ4n) is 2.19. The van der Waals surface area contributed by atoms with Gasteiger partial charge in [0.05, 0.1) is 10.5 Å². The Morgan fingerprint density at radius 1 is 1.13 bits per heavy atom. The summed E-state index contributed by atoms with van der Waals surface area (Å²) in [5, 5.41) is 9.69. The van der Waals surface area contributed by atoms with Crippen LogP contribution in [0, 0.1) is 0 Å². The lowest BCUT2D eigenvalue weighted by atomic mass is 10.2. The van der Waals surface area contributed by atoms with Crippen LogP contribution in [0.4, 0.5) is 5.69 Å². The molecule has 2 amide bonds. The van der Waals surface area contributed by atoms with E-state index < -0.39 is 5.91 Å². The Hall–Kier alpha value is -2.86. The predicted octanol–water partition coefficient (Wildman–Crippen LogP) is 2.60. The average molecular weight is 329 g/mol. The molecule has 23 heavy (non-hydrogen) atoms. The van der Waals surface area contributed by atoms with Crippen LogP contribution in [-0.2, 0) is 0 Å². The molecule has 0 saturated carbocycles. The minimum atomic E-state index is -0.437. The van der Waals surface area contributed by atoms with Crippen LogP contribution in [0.5, 0.6) is 0 Å². The molecule has 0 radical (unpaired) electrons. The van der Waals surface area contributed by atoms with E-state index in [1.165, 1.54) is 4.52 Å². The Kier molecular flexibility index (Phi) is 3.99. The van der Waals surface area contributed by atoms with Gasteiger partial charge in [-0.3, -0.25) is 9.59 Å². The maximum atomic E-state index is 12.4. The maximum absolute atomic E-state index is 12.4. The van der Waals surface area contributed by atoms with Gasteiger partial charge in [-0.05, 0) is 30.3 Å². The lowest BCUT2D eigenvalue weighted by Gasteiger charge is -2.05. The van der Waals surface area contributed by atoms with Crippen molar-refractivity contribution in [1.82, 2.24) is 14.9 Å². The number of carbonyl (C=O) groups is 2. The molecule has 0 saturated heterocycles. The Morgan fingerprint density at radius 2 is 1.96 bits per heavy atom. The topological polar surface area (TPSA) is 75.5 Å². The number of hydrogen-bond acceptors (Lipinski definition) is 3. The van der Waals surface area contributed by atoms with Crippen LogP contribution in [0.15, 0.2) is 48.7 Å². The molecule has 0 atom stereocenters. The first kappa shape index (κ1) is 15.1. The molecule has 0 fully saturated rings. The number of benzene rings is 1. The Labute approximate surface area is 137 Å². The molecule has 0 bridgehead atoms. The minimum Gasteiger partial charge on any atom is -0.355 e. The molecule has 0 unspecified atom stereocenters. The van der Waals surface area contributed by atoms with E-state index in [9.17, 15) is 9.59 Å². The van der Waals surface area contributed by atoms with Crippen molar-refractivity contribution >= 4 is 34.6 Å². The molecule has 116 valence electrons. The number of fused-ring (bicyclic) bond motifs is 1. The van der Waals surface area contributed by atoms with Crippen molar-refractivity contribution in [2.24, 2.45) is 0 Å². The van der Waals surface area contributed by atoms with Gasteiger partial charge in [-0.25, -0.2) is 4.52 Å². The Morgan fingerprint density at radius 3 is 2.70 bits per heavy atom. The zero-order chi connectivity index (χ0) is 16.4. The van der Waals surface area contributed by atoms with Gasteiger partial charge in [0.25, 0.3) is 11.8 Å². The SMILES string of the molecule is CNC(=O)c1cccc(NC(=O)c2nn3ccccc3c2Cl)c1. The molecular formula is C16H13ClN4O2. The van der Waals surface area contributed by atoms with Gasteiger partial charge in [0.1, 0.15) is 0 Å². The number of rotatable bonds is 3. The summed E-state index contributed by atoms with van der Waals surface area (Å²) >= 11 is 6.21. The summed E-state index contributed by atoms with van der Waals surface area (Å²) < 4.78 is 1.54. The molecule has 0 aliphatic heterocycles. The Bertz CT molecular complexity index is 904. The van der Waals surface area contributed by atoms with E-state index >= 15 is 0 Å². The van der Waals surface area contributed by atoms with E-state index in [4.69, 9.17) is 11.6 Å². The third-order valence-electron chi connectivity index (χ3n) is 3.30. The first-order valence-corrected chi connectivity index (χ1v) is 7.24. The number of amides is 2. The van der Waals surface area contributed by atoms with Crippen LogP contribution in [0.3, 0.4) is 0 Å². The monoisotopic (exact) mass is 328 g/mol. The number of nitrogens with one attached hydrogen (secondary N) is 2. The first-order valence-electron chi connectivity index (χ1n) is 6.86. The van der Waals surface area contributed by atoms with Crippen LogP contribution in [-0.4, -0.2) is 28.5 Å². The van der Waals surface area contributed by atoms with Crippen molar-refractivity contribution in [2.45, 2.75) is 0 Å². The highest BCUT2D eigenvalue weighted by molar-refractivity contribution is 6.37. The van der Waals surface area contributed by atoms with E-state index in [1.807, 2.05) is 6.07 Å². The summed E-state index contributed by atoms with van der Waals surface area (Å²) in [6.45, 7) is 0. The maximum Gasteiger partial charge on any atom is 0.277 e. The quantitative estimate of drug-likeness (QED) is 0.776. The molecule has 2 heterocycles. The molecule has 3 rings (SSSR count). The highest BCUT2D eigenvalue weighted by Crippen LogP contribution is 2.22. The van der Waals surface area contributed by atoms with Gasteiger partial charge in [-0.1, -0.05) is 23.7 Å². The zero-order valence-corrected chi connectivity index (χ0v) is 13.0. The van der Waals surface area contributed by atoms with Gasteiger partial charge in [-0.15, -0.1) is 0 Å². The van der Waals surface area contributed by atoms with Crippen molar-refractivity contribution in [3.8, 4) is 0 Å². The smallest absolute Gasteiger partial charge is 0.277 e. The number of aromatic nitrogens is 2. The molecule has 2 N–H and O–H groups in total. The third kappa shape index (κ3) is 2.89. The number of pyridine rings is 1. The van der Waals surface area contributed by atoms with Crippen molar-refractivity contribution in [2.75, 3.05) is 12.4 Å². The van der Waals surface area contributed by atoms with E-state index in [-0.39, 0.29) is 16.6 Å². The number of hydrogen-bond donors (Lipinski definition) is 2. The second kappa shape index (κ2) is 6.10. The normalized spacial score (nSPS) is 10.5. The van der Waals surface area contributed by atoms with E-state index in [1.54, 1.807) is 49.6 Å². The fraction of sp³-hybridized carbons (Fsp3) is 0.0625. The van der Waals surface area contributed by atoms with E-state index in [2.05, 4.69) is 15.7 Å². The summed E-state index contributed by atoms with van der Waals surface area (Å²) in [5.41, 5.74) is 1.72. The van der Waals surface area contributed by atoms with Gasteiger partial charge in [0.2, 0.25) is 0 Å². The molecule has 0 aliphatic carbocycles. The summed E-state index contributed by atoms with van der Waals surface area (Å²) in [4.78, 5) is 24.0. The van der Waals surface area contributed by atoms with Crippen LogP contribution >= 0.6 is 11.6 Å². The predicted molar refractivity (Wildman–Crippen MR) is 88.0 cm³/mol. The van der Waals surface area contributed by atoms with Crippen molar-refractivity contribution in [1.29, 1.82) is 0 Å². The lowest BCUT2D eigenvalue weighted by molar-refractivity contribution is 0.0961. The standard InChI is InChI=1S/C16H13ClN4O2/c1-18-15(22)10-5-4-6-11(9-10)19-16(23)14-13(17)12-7-2-3-8-21(12)20-14/h2-9H,1H3,(H,18,22)(H,19,23). The number of carbonyl (C=O) groups excluding carboxylic acids is 2. The third-order valence-corrected chi connectivity index (χ3v) is 3.68. The van der Waals surface area contributed by atoms with Gasteiger partial charge in [-0.2, -0.15) is 5.10 Å². The molecule has 6 nitrogen and oxygen atoms in total. The minimum absolute atomic E-state index is 0.128. The lowest BCUT2D eigenvalue weighted by Crippen LogP contribution is -2.18. The molecule has 2 aromatic heterocycles. The van der Waals surface area contributed by atoms with Crippen LogP contribution in [0.25, 0.3) is 5.52 Å². The second-order valence-corrected chi connectivity index (χ2v) is 5.19. The highest BCUT2D eigenvalue weighted by Gasteiger charge is 2.18. The van der Waals surface area contributed by atoms with Crippen LogP contribution in [0.2, 0.25) is 5.02 Å². The average Bonchev–Trinajstić information content (AvgIpc) is 2.92. The molecule has 7 heteroatoms. The fourth-order valence-corrected chi connectivity index (χ4v) is 2.46. The van der Waals surface area contributed by atoms with Gasteiger partial charge in [0.15, 0.2) is 5.69 Å². The van der Waals surface area contributed by atoms with Crippen LogP contribution in [0.1, 0.15) is 20.8 Å². The second-order valence-electron chi connectivity index (χ2n) is 4.81. The summed E-state index contributed by atoms with van der Waals surface area (Å²) in [7, 11) is 1.55. The Balaban J connectivity index is 1.89. The van der Waals surface area contributed by atoms with Gasteiger partial charge >= 0.3 is 0 Å². The van der Waals surface area contributed by atoms with Crippen molar-refractivity contribution < 1.29 is 9.59 Å². The summed E-state index contributed by atoms with van der Waals surface area (Å²) in [6.07, 6.45) is 1.71. The number of anilines is 1. The number of nitrogens with zero attached hydrogens (tertiary/aromatic N) is 2. The van der Waals surface area contributed by atoms with Crippen molar-refractivity contribution in [3.05, 3.63) is 64.9 Å². The number of halogens is 1. The molecule has 0 aliphatic rings. The van der Waals surface area contributed by atoms with Crippen LogP contribution < -0.4 is 10.6 Å². The molecule has 0 spiro atoms. The van der Waals surface area contributed by atoms with E-state index in [0.717, 1.165) is 0 Å². The van der Waals surface area contributed by atoms with E-state index in [0.29, 0.717) is 16.8 Å². The first-order chi connectivity index (χ1) is 11.1. The summed E-state index contributed by atoms with van der Waals surface area (Å²) in [6, 6.07) is 12.0. The largest absolute Gasteiger partial charge is 0.355 e. The molecule has 3 aromatic rings. The molecular weight excluding hydrogens is 316 g/mol. The van der Waals surface area contributed by atoms with Crippen molar-refractivity contribution in [3.63, 3.8) is 0 Å². The highest BCUT2D eigenvalue weighted by atomic mass is 35.5. The zero-order valence-electron chi connectivity index (χ0n) is 12.2. The van der Waals surface area contributed by atoms with Gasteiger partial charge in [0, 0.05) is 24.5 Å². The summed E-state index contributed by atoms with van der Waals surface area (Å²) in [5.74, 6) is -0.667.